The molecule has 198 valence electrons. The van der Waals surface area contributed by atoms with Crippen molar-refractivity contribution < 1.29 is 19.0 Å². The second-order valence-electron chi connectivity index (χ2n) is 8.90. The van der Waals surface area contributed by atoms with Crippen molar-refractivity contribution in [3.8, 4) is 17.2 Å². The van der Waals surface area contributed by atoms with E-state index in [-0.39, 0.29) is 11.3 Å². The summed E-state index contributed by atoms with van der Waals surface area (Å²) in [6.07, 6.45) is 0. The maximum atomic E-state index is 13.2. The molecule has 0 aliphatic carbocycles. The Kier molecular flexibility index (Phi) is 7.65. The molecular weight excluding hydrogens is 512 g/mol. The maximum Gasteiger partial charge on any atom is 0.257 e. The number of nitrogens with one attached hydrogen (secondary N) is 1. The van der Waals surface area contributed by atoms with Gasteiger partial charge in [-0.25, -0.2) is 0 Å². The molecule has 0 aliphatic heterocycles. The quantitative estimate of drug-likeness (QED) is 0.224. The Balaban J connectivity index is 1.23. The molecule has 0 fully saturated rings. The van der Waals surface area contributed by atoms with Gasteiger partial charge in [0.25, 0.3) is 5.91 Å². The van der Waals surface area contributed by atoms with E-state index in [2.05, 4.69) is 10.2 Å². The van der Waals surface area contributed by atoms with Gasteiger partial charge in [-0.05, 0) is 60.7 Å². The van der Waals surface area contributed by atoms with Gasteiger partial charge in [-0.2, -0.15) is 0 Å². The van der Waals surface area contributed by atoms with Gasteiger partial charge in [0.1, 0.15) is 12.4 Å². The second kappa shape index (κ2) is 11.4. The van der Waals surface area contributed by atoms with Gasteiger partial charge >= 0.3 is 0 Å². The standard InChI is InChI=1S/C31H28N2O5S/c1-33(21-13-16-26(36-2)27(19-21)37-3)17-18-38-22-14-11-20(12-15-22)32-31(35)25-9-6-8-24-29(34)23-7-4-5-10-28(23)39-30(24)25/h4-16,19H,17-18H2,1-3H3,(H,32,35). The zero-order valence-electron chi connectivity index (χ0n) is 21.9. The number of likely N-dealkylation sites (N-methyl/N-ethyl adjacent to an activating group) is 1. The summed E-state index contributed by atoms with van der Waals surface area (Å²) in [6, 6.07) is 25.7. The van der Waals surface area contributed by atoms with Crippen molar-refractivity contribution in [2.24, 2.45) is 0 Å². The van der Waals surface area contributed by atoms with Gasteiger partial charge in [0, 0.05) is 40.0 Å². The summed E-state index contributed by atoms with van der Waals surface area (Å²) in [5.41, 5.74) is 2.03. The van der Waals surface area contributed by atoms with Crippen molar-refractivity contribution in [3.05, 3.63) is 101 Å². The summed E-state index contributed by atoms with van der Waals surface area (Å²) in [6.45, 7) is 1.13. The SMILES string of the molecule is COc1ccc(N(C)CCOc2ccc(NC(=O)c3cccc4c(=O)c5ccccc5sc34)cc2)cc1OC. The van der Waals surface area contributed by atoms with Crippen molar-refractivity contribution in [2.75, 3.05) is 44.6 Å². The van der Waals surface area contributed by atoms with Gasteiger partial charge in [0.05, 0.1) is 31.0 Å². The second-order valence-corrected chi connectivity index (χ2v) is 9.95. The molecule has 1 heterocycles. The Labute approximate surface area is 230 Å². The van der Waals surface area contributed by atoms with E-state index in [0.29, 0.717) is 57.1 Å². The molecule has 0 aliphatic rings. The summed E-state index contributed by atoms with van der Waals surface area (Å²) in [7, 11) is 5.21. The number of benzene rings is 4. The van der Waals surface area contributed by atoms with Crippen LogP contribution in [0.2, 0.25) is 0 Å². The lowest BCUT2D eigenvalue weighted by atomic mass is 10.1. The lowest BCUT2D eigenvalue weighted by Gasteiger charge is -2.21. The number of nitrogens with zero attached hydrogens (tertiary/aromatic N) is 1. The molecule has 1 amide bonds. The van der Waals surface area contributed by atoms with Gasteiger partial charge in [-0.1, -0.05) is 18.2 Å². The van der Waals surface area contributed by atoms with Gasteiger partial charge in [0.2, 0.25) is 0 Å². The van der Waals surface area contributed by atoms with Crippen LogP contribution in [-0.4, -0.2) is 40.3 Å². The minimum absolute atomic E-state index is 0.0627. The van der Waals surface area contributed by atoms with Crippen molar-refractivity contribution in [1.82, 2.24) is 0 Å². The van der Waals surface area contributed by atoms with Crippen LogP contribution in [0.4, 0.5) is 11.4 Å². The summed E-state index contributed by atoms with van der Waals surface area (Å²) >= 11 is 1.45. The van der Waals surface area contributed by atoms with E-state index in [1.165, 1.54) is 11.3 Å². The van der Waals surface area contributed by atoms with Crippen LogP contribution in [0.3, 0.4) is 0 Å². The highest BCUT2D eigenvalue weighted by Crippen LogP contribution is 2.31. The van der Waals surface area contributed by atoms with Gasteiger partial charge < -0.3 is 24.4 Å². The molecule has 1 aromatic heterocycles. The lowest BCUT2D eigenvalue weighted by Crippen LogP contribution is -2.23. The Morgan fingerprint density at radius 3 is 2.38 bits per heavy atom. The molecule has 39 heavy (non-hydrogen) atoms. The molecule has 4 aromatic carbocycles. The first-order valence-corrected chi connectivity index (χ1v) is 13.2. The predicted octanol–water partition coefficient (Wildman–Crippen LogP) is 6.20. The molecule has 0 saturated heterocycles. The monoisotopic (exact) mass is 540 g/mol. The van der Waals surface area contributed by atoms with Crippen LogP contribution < -0.4 is 29.9 Å². The number of amides is 1. The number of anilines is 2. The van der Waals surface area contributed by atoms with Crippen molar-refractivity contribution in [2.45, 2.75) is 0 Å². The van der Waals surface area contributed by atoms with Crippen LogP contribution >= 0.6 is 11.3 Å². The summed E-state index contributed by atoms with van der Waals surface area (Å²) in [4.78, 5) is 28.2. The molecule has 5 rings (SSSR count). The van der Waals surface area contributed by atoms with Crippen LogP contribution in [0.15, 0.2) is 89.7 Å². The van der Waals surface area contributed by atoms with Crippen molar-refractivity contribution in [3.63, 3.8) is 0 Å². The minimum atomic E-state index is -0.267. The molecule has 7 nitrogen and oxygen atoms in total. The van der Waals surface area contributed by atoms with E-state index in [4.69, 9.17) is 14.2 Å². The Morgan fingerprint density at radius 2 is 1.62 bits per heavy atom. The molecule has 1 N–H and O–H groups in total. The molecular formula is C31H28N2O5S. The fourth-order valence-corrected chi connectivity index (χ4v) is 5.51. The number of ether oxygens (including phenoxy) is 3. The molecule has 0 saturated carbocycles. The zero-order valence-corrected chi connectivity index (χ0v) is 22.7. The highest BCUT2D eigenvalue weighted by molar-refractivity contribution is 7.24. The normalized spacial score (nSPS) is 10.8. The van der Waals surface area contributed by atoms with E-state index in [1.54, 1.807) is 44.6 Å². The average molecular weight is 541 g/mol. The Morgan fingerprint density at radius 1 is 0.872 bits per heavy atom. The minimum Gasteiger partial charge on any atom is -0.493 e. The Bertz CT molecular complexity index is 1700. The van der Waals surface area contributed by atoms with Crippen LogP contribution in [0.5, 0.6) is 17.2 Å². The smallest absolute Gasteiger partial charge is 0.257 e. The van der Waals surface area contributed by atoms with Crippen LogP contribution in [0.25, 0.3) is 20.2 Å². The summed E-state index contributed by atoms with van der Waals surface area (Å²) in [5.74, 6) is 1.79. The molecule has 0 spiro atoms. The first kappa shape index (κ1) is 26.1. The number of hydrogen-bond acceptors (Lipinski definition) is 7. The van der Waals surface area contributed by atoms with Gasteiger partial charge in [-0.15, -0.1) is 11.3 Å². The number of rotatable bonds is 9. The number of carbonyl (C=O) groups excluding carboxylic acids is 1. The van der Waals surface area contributed by atoms with E-state index in [0.717, 1.165) is 10.4 Å². The molecule has 0 unspecified atom stereocenters. The highest BCUT2D eigenvalue weighted by Gasteiger charge is 2.15. The number of fused-ring (bicyclic) bond motifs is 2. The van der Waals surface area contributed by atoms with E-state index < -0.39 is 0 Å². The largest absolute Gasteiger partial charge is 0.493 e. The summed E-state index contributed by atoms with van der Waals surface area (Å²) in [5, 5.41) is 4.15. The first-order chi connectivity index (χ1) is 19.0. The predicted molar refractivity (Wildman–Crippen MR) is 158 cm³/mol. The number of carbonyl (C=O) groups is 1. The van der Waals surface area contributed by atoms with Crippen LogP contribution in [-0.2, 0) is 0 Å². The molecule has 5 aromatic rings. The third kappa shape index (κ3) is 5.51. The Hall–Kier alpha value is -4.56. The third-order valence-electron chi connectivity index (χ3n) is 6.46. The number of hydrogen-bond donors (Lipinski definition) is 1. The van der Waals surface area contributed by atoms with Crippen LogP contribution in [0, 0.1) is 0 Å². The molecule has 0 atom stereocenters. The summed E-state index contributed by atoms with van der Waals surface area (Å²) < 4.78 is 18.1. The van der Waals surface area contributed by atoms with Crippen molar-refractivity contribution in [1.29, 1.82) is 0 Å². The maximum absolute atomic E-state index is 13.2. The molecule has 8 heteroatoms. The van der Waals surface area contributed by atoms with Gasteiger partial charge in [-0.3, -0.25) is 9.59 Å². The number of methoxy groups -OCH3 is 2. The molecule has 0 radical (unpaired) electrons. The van der Waals surface area contributed by atoms with Crippen LogP contribution in [0.1, 0.15) is 10.4 Å². The van der Waals surface area contributed by atoms with Crippen molar-refractivity contribution >= 4 is 48.8 Å². The fourth-order valence-electron chi connectivity index (χ4n) is 4.33. The van der Waals surface area contributed by atoms with E-state index in [9.17, 15) is 9.59 Å². The molecule has 0 bridgehead atoms. The van der Waals surface area contributed by atoms with Gasteiger partial charge in [0.15, 0.2) is 16.9 Å². The lowest BCUT2D eigenvalue weighted by molar-refractivity contribution is 0.102. The highest BCUT2D eigenvalue weighted by atomic mass is 32.1. The zero-order chi connectivity index (χ0) is 27.4. The fraction of sp³-hybridized carbons (Fsp3) is 0.161. The van der Waals surface area contributed by atoms with E-state index in [1.807, 2.05) is 61.6 Å². The topological polar surface area (TPSA) is 77.1 Å². The van der Waals surface area contributed by atoms with E-state index >= 15 is 0 Å². The third-order valence-corrected chi connectivity index (χ3v) is 7.68. The average Bonchev–Trinajstić information content (AvgIpc) is 2.97. The first-order valence-electron chi connectivity index (χ1n) is 12.4.